The average molecular weight is 307 g/mol. The molecular formula is C17H25NO2S. The third-order valence-corrected chi connectivity index (χ3v) is 5.68. The van der Waals surface area contributed by atoms with E-state index in [0.29, 0.717) is 5.75 Å². The average Bonchev–Trinajstić information content (AvgIpc) is 2.94. The highest BCUT2D eigenvalue weighted by atomic mass is 32.2. The van der Waals surface area contributed by atoms with Gasteiger partial charge in [-0.3, -0.25) is 4.21 Å². The highest BCUT2D eigenvalue weighted by Gasteiger charge is 2.21. The summed E-state index contributed by atoms with van der Waals surface area (Å²) in [5.74, 6) is 1.50. The van der Waals surface area contributed by atoms with E-state index in [4.69, 9.17) is 4.42 Å². The molecule has 0 aliphatic heterocycles. The van der Waals surface area contributed by atoms with Crippen LogP contribution in [0.25, 0.3) is 11.0 Å². The molecular weight excluding hydrogens is 282 g/mol. The van der Waals surface area contributed by atoms with Gasteiger partial charge in [-0.15, -0.1) is 0 Å². The van der Waals surface area contributed by atoms with E-state index in [9.17, 15) is 4.21 Å². The maximum Gasteiger partial charge on any atom is 0.134 e. The smallest absolute Gasteiger partial charge is 0.134 e. The monoisotopic (exact) mass is 307 g/mol. The standard InChI is InChI=1S/C17H25NO2S/c1-4-10-18-15(12-21(19)13(3)5-2)17-11-14-8-6-7-9-16(14)20-17/h6-9,11,13,15,18H,4-5,10,12H2,1-3H3. The van der Waals surface area contributed by atoms with Crippen LogP contribution in [0.2, 0.25) is 0 Å². The third-order valence-electron chi connectivity index (χ3n) is 3.78. The van der Waals surface area contributed by atoms with Crippen LogP contribution >= 0.6 is 0 Å². The van der Waals surface area contributed by atoms with Crippen LogP contribution in [0.3, 0.4) is 0 Å². The van der Waals surface area contributed by atoms with Crippen molar-refractivity contribution in [3.05, 3.63) is 36.1 Å². The first-order valence-corrected chi connectivity index (χ1v) is 9.13. The number of para-hydroxylation sites is 1. The predicted octanol–water partition coefficient (Wildman–Crippen LogP) is 4.02. The number of hydrogen-bond acceptors (Lipinski definition) is 3. The largest absolute Gasteiger partial charge is 0.459 e. The molecule has 2 aromatic rings. The summed E-state index contributed by atoms with van der Waals surface area (Å²) in [6.45, 7) is 7.16. The Bertz CT molecular complexity index is 560. The van der Waals surface area contributed by atoms with Crippen LogP contribution < -0.4 is 5.32 Å². The van der Waals surface area contributed by atoms with Gasteiger partial charge in [0.25, 0.3) is 0 Å². The number of furan rings is 1. The van der Waals surface area contributed by atoms with Gasteiger partial charge in [-0.05, 0) is 31.5 Å². The Morgan fingerprint density at radius 3 is 2.71 bits per heavy atom. The van der Waals surface area contributed by atoms with Crippen molar-refractivity contribution in [3.8, 4) is 0 Å². The lowest BCUT2D eigenvalue weighted by atomic mass is 10.2. The Morgan fingerprint density at radius 2 is 2.05 bits per heavy atom. The fourth-order valence-electron chi connectivity index (χ4n) is 2.25. The Balaban J connectivity index is 2.20. The molecule has 0 saturated carbocycles. The second-order valence-electron chi connectivity index (χ2n) is 5.46. The summed E-state index contributed by atoms with van der Waals surface area (Å²) in [5, 5.41) is 4.79. The molecule has 4 heteroatoms. The van der Waals surface area contributed by atoms with E-state index in [2.05, 4.69) is 25.2 Å². The Hall–Kier alpha value is -1.13. The first-order valence-electron chi connectivity index (χ1n) is 7.74. The van der Waals surface area contributed by atoms with E-state index < -0.39 is 10.8 Å². The van der Waals surface area contributed by atoms with Crippen molar-refractivity contribution in [1.29, 1.82) is 0 Å². The lowest BCUT2D eigenvalue weighted by molar-refractivity contribution is 0.453. The second kappa shape index (κ2) is 7.76. The molecule has 0 amide bonds. The van der Waals surface area contributed by atoms with Gasteiger partial charge in [0.2, 0.25) is 0 Å². The van der Waals surface area contributed by atoms with Crippen LogP contribution in [0, 0.1) is 0 Å². The van der Waals surface area contributed by atoms with Gasteiger partial charge in [0.05, 0.1) is 6.04 Å². The molecule has 0 bridgehead atoms. The molecule has 0 radical (unpaired) electrons. The number of fused-ring (bicyclic) bond motifs is 1. The molecule has 3 atom stereocenters. The van der Waals surface area contributed by atoms with E-state index in [1.54, 1.807) is 0 Å². The minimum Gasteiger partial charge on any atom is -0.459 e. The first-order chi connectivity index (χ1) is 10.2. The van der Waals surface area contributed by atoms with Crippen molar-refractivity contribution < 1.29 is 8.63 Å². The summed E-state index contributed by atoms with van der Waals surface area (Å²) in [6, 6.07) is 10.1. The molecule has 116 valence electrons. The van der Waals surface area contributed by atoms with Gasteiger partial charge in [-0.25, -0.2) is 0 Å². The molecule has 21 heavy (non-hydrogen) atoms. The summed E-state index contributed by atoms with van der Waals surface area (Å²) in [4.78, 5) is 0. The summed E-state index contributed by atoms with van der Waals surface area (Å²) in [7, 11) is -0.843. The molecule has 3 unspecified atom stereocenters. The molecule has 0 saturated heterocycles. The van der Waals surface area contributed by atoms with Gasteiger partial charge in [0.1, 0.15) is 11.3 Å². The van der Waals surface area contributed by atoms with Gasteiger partial charge in [-0.2, -0.15) is 0 Å². The molecule has 0 fully saturated rings. The van der Waals surface area contributed by atoms with Crippen molar-refractivity contribution in [3.63, 3.8) is 0 Å². The van der Waals surface area contributed by atoms with Crippen LogP contribution in [0.4, 0.5) is 0 Å². The van der Waals surface area contributed by atoms with Gasteiger partial charge in [0, 0.05) is 27.2 Å². The normalized spacial score (nSPS) is 16.0. The number of rotatable bonds is 8. The minimum absolute atomic E-state index is 0.0205. The predicted molar refractivity (Wildman–Crippen MR) is 90.0 cm³/mol. The molecule has 1 aromatic heterocycles. The fraction of sp³-hybridized carbons (Fsp3) is 0.529. The molecule has 3 nitrogen and oxygen atoms in total. The number of nitrogens with one attached hydrogen (secondary N) is 1. The quantitative estimate of drug-likeness (QED) is 0.801. The van der Waals surface area contributed by atoms with Crippen molar-refractivity contribution >= 4 is 21.8 Å². The highest BCUT2D eigenvalue weighted by molar-refractivity contribution is 7.85. The van der Waals surface area contributed by atoms with E-state index >= 15 is 0 Å². The number of benzene rings is 1. The Morgan fingerprint density at radius 1 is 1.29 bits per heavy atom. The van der Waals surface area contributed by atoms with Gasteiger partial charge < -0.3 is 9.73 Å². The van der Waals surface area contributed by atoms with Crippen molar-refractivity contribution in [2.24, 2.45) is 0 Å². The van der Waals surface area contributed by atoms with E-state index in [-0.39, 0.29) is 11.3 Å². The summed E-state index contributed by atoms with van der Waals surface area (Å²) in [6.07, 6.45) is 1.99. The van der Waals surface area contributed by atoms with Crippen molar-refractivity contribution in [1.82, 2.24) is 5.32 Å². The molecule has 1 aromatic carbocycles. The van der Waals surface area contributed by atoms with Crippen molar-refractivity contribution in [2.45, 2.75) is 44.9 Å². The lowest BCUT2D eigenvalue weighted by Crippen LogP contribution is -2.29. The summed E-state index contributed by atoms with van der Waals surface area (Å²) >= 11 is 0. The van der Waals surface area contributed by atoms with Gasteiger partial charge in [-0.1, -0.05) is 39.0 Å². The zero-order valence-corrected chi connectivity index (χ0v) is 13.9. The zero-order chi connectivity index (χ0) is 15.2. The molecule has 0 spiro atoms. The van der Waals surface area contributed by atoms with Crippen LogP contribution in [0.15, 0.2) is 34.7 Å². The van der Waals surface area contributed by atoms with E-state index in [1.807, 2.05) is 31.2 Å². The van der Waals surface area contributed by atoms with Crippen LogP contribution in [0.5, 0.6) is 0 Å². The SMILES string of the molecule is CCCNC(CS(=O)C(C)CC)c1cc2ccccc2o1. The second-order valence-corrected chi connectivity index (χ2v) is 7.36. The van der Waals surface area contributed by atoms with E-state index in [1.165, 1.54) is 0 Å². The minimum atomic E-state index is -0.843. The third kappa shape index (κ3) is 4.17. The summed E-state index contributed by atoms with van der Waals surface area (Å²) in [5.41, 5.74) is 0.894. The maximum atomic E-state index is 12.4. The lowest BCUT2D eigenvalue weighted by Gasteiger charge is -2.18. The molecule has 1 N–H and O–H groups in total. The summed E-state index contributed by atoms with van der Waals surface area (Å²) < 4.78 is 18.3. The van der Waals surface area contributed by atoms with Crippen LogP contribution in [-0.2, 0) is 10.8 Å². The fourth-order valence-corrected chi connectivity index (χ4v) is 3.56. The van der Waals surface area contributed by atoms with Gasteiger partial charge in [0.15, 0.2) is 0 Å². The van der Waals surface area contributed by atoms with E-state index in [0.717, 1.165) is 36.1 Å². The topological polar surface area (TPSA) is 42.2 Å². The molecule has 0 aliphatic rings. The maximum absolute atomic E-state index is 12.4. The zero-order valence-electron chi connectivity index (χ0n) is 13.1. The van der Waals surface area contributed by atoms with Crippen LogP contribution in [0.1, 0.15) is 45.4 Å². The van der Waals surface area contributed by atoms with Crippen molar-refractivity contribution in [2.75, 3.05) is 12.3 Å². The Kier molecular flexibility index (Phi) is 6.00. The molecule has 2 rings (SSSR count). The van der Waals surface area contributed by atoms with Crippen LogP contribution in [-0.4, -0.2) is 21.8 Å². The first kappa shape index (κ1) is 16.2. The van der Waals surface area contributed by atoms with Gasteiger partial charge >= 0.3 is 0 Å². The molecule has 1 heterocycles. The molecule has 0 aliphatic carbocycles. The Labute approximate surface area is 129 Å². The number of hydrogen-bond donors (Lipinski definition) is 1. The highest BCUT2D eigenvalue weighted by Crippen LogP contribution is 2.25.